The predicted molar refractivity (Wildman–Crippen MR) is 54.6 cm³/mol. The number of hydrogen-bond donors (Lipinski definition) is 1. The van der Waals surface area contributed by atoms with Crippen molar-refractivity contribution < 1.29 is 9.90 Å². The molecule has 1 aromatic heterocycles. The summed E-state index contributed by atoms with van der Waals surface area (Å²) in [5, 5.41) is 9.34. The molecule has 0 radical (unpaired) electrons. The highest BCUT2D eigenvalue weighted by atomic mass is 32.2. The van der Waals surface area contributed by atoms with E-state index >= 15 is 0 Å². The van der Waals surface area contributed by atoms with Gasteiger partial charge in [-0.05, 0) is 0 Å². The molecule has 1 N–H and O–H groups in total. The van der Waals surface area contributed by atoms with Crippen molar-refractivity contribution in [3.8, 4) is 0 Å². The van der Waals surface area contributed by atoms with Gasteiger partial charge in [-0.25, -0.2) is 14.8 Å². The van der Waals surface area contributed by atoms with Crippen LogP contribution in [0.2, 0.25) is 0 Å². The Hall–Kier alpha value is -1.10. The van der Waals surface area contributed by atoms with Crippen LogP contribution in [0.15, 0.2) is 17.4 Å². The zero-order chi connectivity index (χ0) is 10.8. The van der Waals surface area contributed by atoms with Crippen LogP contribution < -0.4 is 0 Å². The molecule has 0 unspecified atom stereocenters. The summed E-state index contributed by atoms with van der Waals surface area (Å²) in [6.45, 7) is 6.18. The summed E-state index contributed by atoms with van der Waals surface area (Å²) in [5.74, 6) is -1.05. The van der Waals surface area contributed by atoms with Crippen LogP contribution in [0.4, 0.5) is 0 Å². The molecule has 1 rings (SSSR count). The lowest BCUT2D eigenvalue weighted by Crippen LogP contribution is -2.08. The van der Waals surface area contributed by atoms with Gasteiger partial charge in [-0.15, -0.1) is 0 Å². The van der Waals surface area contributed by atoms with Crippen molar-refractivity contribution in [2.45, 2.75) is 30.5 Å². The molecule has 1 aromatic rings. The second-order valence-electron chi connectivity index (χ2n) is 3.76. The monoisotopic (exact) mass is 212 g/mol. The third kappa shape index (κ3) is 3.33. The predicted octanol–water partition coefficient (Wildman–Crippen LogP) is 2.07. The number of carboxylic acids is 1. The molecule has 0 saturated heterocycles. The zero-order valence-corrected chi connectivity index (χ0v) is 9.13. The van der Waals surface area contributed by atoms with Crippen LogP contribution in [-0.4, -0.2) is 25.8 Å². The Morgan fingerprint density at radius 3 is 2.36 bits per heavy atom. The highest BCUT2D eigenvalue weighted by Crippen LogP contribution is 2.29. The van der Waals surface area contributed by atoms with Gasteiger partial charge < -0.3 is 5.11 Å². The standard InChI is InChI=1S/C9H12N2O2S/c1-9(2,3)14-7-5-10-6(4-11-7)8(12)13/h4-5H,1-3H3,(H,12,13). The molecule has 0 bridgehead atoms. The Labute approximate surface area is 86.8 Å². The fraction of sp³-hybridized carbons (Fsp3) is 0.444. The molecule has 0 aliphatic heterocycles. The SMILES string of the molecule is CC(C)(C)Sc1cnc(C(=O)O)cn1. The second kappa shape index (κ2) is 3.96. The molecule has 0 saturated carbocycles. The second-order valence-corrected chi connectivity index (χ2v) is 5.61. The Bertz CT molecular complexity index is 330. The number of nitrogens with zero attached hydrogens (tertiary/aromatic N) is 2. The number of carbonyl (C=O) groups is 1. The third-order valence-corrected chi connectivity index (χ3v) is 2.29. The lowest BCUT2D eigenvalue weighted by Gasteiger charge is -2.15. The van der Waals surface area contributed by atoms with E-state index < -0.39 is 5.97 Å². The van der Waals surface area contributed by atoms with Gasteiger partial charge in [0.15, 0.2) is 5.69 Å². The minimum atomic E-state index is -1.05. The number of rotatable bonds is 2. The molecular formula is C9H12N2O2S. The first-order valence-corrected chi connectivity index (χ1v) is 4.94. The summed E-state index contributed by atoms with van der Waals surface area (Å²) in [5.41, 5.74) is -0.0248. The lowest BCUT2D eigenvalue weighted by atomic mass is 10.3. The topological polar surface area (TPSA) is 63.1 Å². The average Bonchev–Trinajstić information content (AvgIpc) is 2.02. The molecule has 4 nitrogen and oxygen atoms in total. The number of aromatic carboxylic acids is 1. The number of hydrogen-bond acceptors (Lipinski definition) is 4. The summed E-state index contributed by atoms with van der Waals surface area (Å²) in [7, 11) is 0. The van der Waals surface area contributed by atoms with Gasteiger partial charge in [0, 0.05) is 4.75 Å². The average molecular weight is 212 g/mol. The molecule has 0 amide bonds. The van der Waals surface area contributed by atoms with Crippen LogP contribution in [0, 0.1) is 0 Å². The molecule has 0 spiro atoms. The molecule has 0 aliphatic carbocycles. The van der Waals surface area contributed by atoms with Gasteiger partial charge >= 0.3 is 5.97 Å². The van der Waals surface area contributed by atoms with Gasteiger partial charge in [-0.1, -0.05) is 32.5 Å². The number of thioether (sulfide) groups is 1. The van der Waals surface area contributed by atoms with E-state index in [0.717, 1.165) is 5.03 Å². The summed E-state index contributed by atoms with van der Waals surface area (Å²) in [6.07, 6.45) is 2.76. The Morgan fingerprint density at radius 2 is 2.00 bits per heavy atom. The number of carboxylic acid groups (broad SMARTS) is 1. The first-order chi connectivity index (χ1) is 6.38. The summed E-state index contributed by atoms with van der Waals surface area (Å²) >= 11 is 1.55. The van der Waals surface area contributed by atoms with E-state index in [2.05, 4.69) is 30.7 Å². The van der Waals surface area contributed by atoms with E-state index in [9.17, 15) is 4.79 Å². The van der Waals surface area contributed by atoms with Crippen molar-refractivity contribution in [2.75, 3.05) is 0 Å². The van der Waals surface area contributed by atoms with Gasteiger partial charge in [0.05, 0.1) is 12.4 Å². The molecule has 0 fully saturated rings. The van der Waals surface area contributed by atoms with E-state index in [1.165, 1.54) is 12.4 Å². The Morgan fingerprint density at radius 1 is 1.36 bits per heavy atom. The number of aromatic nitrogens is 2. The largest absolute Gasteiger partial charge is 0.476 e. The van der Waals surface area contributed by atoms with Gasteiger partial charge in [0.2, 0.25) is 0 Å². The van der Waals surface area contributed by atoms with Gasteiger partial charge in [-0.3, -0.25) is 0 Å². The lowest BCUT2D eigenvalue weighted by molar-refractivity contribution is 0.0689. The molecule has 1 heterocycles. The maximum absolute atomic E-state index is 10.5. The summed E-state index contributed by atoms with van der Waals surface area (Å²) in [6, 6.07) is 0. The molecule has 0 atom stereocenters. The van der Waals surface area contributed by atoms with Crippen LogP contribution in [0.5, 0.6) is 0 Å². The van der Waals surface area contributed by atoms with Crippen LogP contribution in [0.25, 0.3) is 0 Å². The third-order valence-electron chi connectivity index (χ3n) is 1.26. The zero-order valence-electron chi connectivity index (χ0n) is 8.31. The van der Waals surface area contributed by atoms with Crippen molar-refractivity contribution >= 4 is 17.7 Å². The fourth-order valence-corrected chi connectivity index (χ4v) is 1.63. The smallest absolute Gasteiger partial charge is 0.356 e. The van der Waals surface area contributed by atoms with E-state index in [1.807, 2.05) is 0 Å². The van der Waals surface area contributed by atoms with Crippen molar-refractivity contribution in [2.24, 2.45) is 0 Å². The molecule has 0 aliphatic rings. The molecule has 5 heteroatoms. The minimum absolute atomic E-state index is 0.0248. The van der Waals surface area contributed by atoms with Crippen LogP contribution in [0.3, 0.4) is 0 Å². The maximum Gasteiger partial charge on any atom is 0.356 e. The maximum atomic E-state index is 10.5. The van der Waals surface area contributed by atoms with Gasteiger partial charge in [0.25, 0.3) is 0 Å². The Balaban J connectivity index is 2.79. The van der Waals surface area contributed by atoms with Crippen molar-refractivity contribution in [3.63, 3.8) is 0 Å². The first kappa shape index (κ1) is 11.0. The van der Waals surface area contributed by atoms with Crippen molar-refractivity contribution in [1.29, 1.82) is 0 Å². The normalized spacial score (nSPS) is 11.4. The van der Waals surface area contributed by atoms with E-state index in [1.54, 1.807) is 11.8 Å². The first-order valence-electron chi connectivity index (χ1n) is 4.13. The van der Waals surface area contributed by atoms with Crippen molar-refractivity contribution in [3.05, 3.63) is 18.1 Å². The molecule has 14 heavy (non-hydrogen) atoms. The molecule has 76 valence electrons. The fourth-order valence-electron chi connectivity index (χ4n) is 0.793. The van der Waals surface area contributed by atoms with E-state index in [-0.39, 0.29) is 10.4 Å². The van der Waals surface area contributed by atoms with Crippen LogP contribution >= 0.6 is 11.8 Å². The van der Waals surface area contributed by atoms with Crippen molar-refractivity contribution in [1.82, 2.24) is 9.97 Å². The van der Waals surface area contributed by atoms with Crippen LogP contribution in [-0.2, 0) is 0 Å². The minimum Gasteiger partial charge on any atom is -0.476 e. The van der Waals surface area contributed by atoms with E-state index in [0.29, 0.717) is 0 Å². The van der Waals surface area contributed by atoms with Gasteiger partial charge in [0.1, 0.15) is 5.03 Å². The summed E-state index contributed by atoms with van der Waals surface area (Å²) in [4.78, 5) is 18.3. The van der Waals surface area contributed by atoms with E-state index in [4.69, 9.17) is 5.11 Å². The highest BCUT2D eigenvalue weighted by molar-refractivity contribution is 8.00. The Kier molecular flexibility index (Phi) is 3.10. The van der Waals surface area contributed by atoms with Crippen LogP contribution in [0.1, 0.15) is 31.3 Å². The molecular weight excluding hydrogens is 200 g/mol. The quantitative estimate of drug-likeness (QED) is 0.760. The van der Waals surface area contributed by atoms with Gasteiger partial charge in [-0.2, -0.15) is 0 Å². The highest BCUT2D eigenvalue weighted by Gasteiger charge is 2.13. The molecule has 0 aromatic carbocycles. The summed E-state index contributed by atoms with van der Waals surface area (Å²) < 4.78 is 0.0550.